The molecule has 1 aliphatic carbocycles. The normalized spacial score (nSPS) is 14.1. The van der Waals surface area contributed by atoms with Crippen LogP contribution in [0.15, 0.2) is 29.4 Å². The summed E-state index contributed by atoms with van der Waals surface area (Å²) in [6.07, 6.45) is 5.58. The van der Waals surface area contributed by atoms with Gasteiger partial charge < -0.3 is 5.11 Å². The van der Waals surface area contributed by atoms with E-state index in [0.29, 0.717) is 5.69 Å². The van der Waals surface area contributed by atoms with Gasteiger partial charge in [-0.3, -0.25) is 9.89 Å². The Morgan fingerprint density at radius 2 is 2.05 bits per heavy atom. The van der Waals surface area contributed by atoms with Crippen molar-refractivity contribution in [3.8, 4) is 5.75 Å². The zero-order chi connectivity index (χ0) is 14.7. The highest BCUT2D eigenvalue weighted by atomic mass is 16.3. The highest BCUT2D eigenvalue weighted by molar-refractivity contribution is 5.94. The van der Waals surface area contributed by atoms with Gasteiger partial charge >= 0.3 is 0 Å². The topological polar surface area (TPSA) is 90.4 Å². The van der Waals surface area contributed by atoms with Gasteiger partial charge in [-0.25, -0.2) is 5.43 Å². The fourth-order valence-electron chi connectivity index (χ4n) is 2.45. The van der Waals surface area contributed by atoms with Gasteiger partial charge in [-0.05, 0) is 55.5 Å². The molecule has 1 amide bonds. The monoisotopic (exact) mass is 284 g/mol. The van der Waals surface area contributed by atoms with Crippen LogP contribution in [0.1, 0.15) is 40.2 Å². The maximum absolute atomic E-state index is 12.1. The molecule has 3 N–H and O–H groups in total. The van der Waals surface area contributed by atoms with E-state index >= 15 is 0 Å². The first kappa shape index (κ1) is 13.4. The number of nitrogens with one attached hydrogen (secondary N) is 2. The quantitative estimate of drug-likeness (QED) is 0.592. The van der Waals surface area contributed by atoms with Crippen molar-refractivity contribution in [3.63, 3.8) is 0 Å². The van der Waals surface area contributed by atoms with Gasteiger partial charge in [0.2, 0.25) is 0 Å². The molecular formula is C15H16N4O2. The maximum Gasteiger partial charge on any atom is 0.292 e. The number of aryl methyl sites for hydroxylation is 1. The number of nitrogens with zero attached hydrogens (tertiary/aromatic N) is 2. The number of carbonyl (C=O) groups is 1. The molecule has 6 nitrogen and oxygen atoms in total. The summed E-state index contributed by atoms with van der Waals surface area (Å²) in [6, 6.07) is 6.54. The summed E-state index contributed by atoms with van der Waals surface area (Å²) in [7, 11) is 0. The Balaban J connectivity index is 1.66. The Labute approximate surface area is 121 Å². The molecule has 0 bridgehead atoms. The zero-order valence-corrected chi connectivity index (χ0v) is 11.5. The van der Waals surface area contributed by atoms with Crippen LogP contribution in [-0.4, -0.2) is 27.4 Å². The first-order chi connectivity index (χ1) is 10.2. The molecule has 0 saturated heterocycles. The van der Waals surface area contributed by atoms with Crippen LogP contribution in [0, 0.1) is 0 Å². The Kier molecular flexibility index (Phi) is 3.68. The Hall–Kier alpha value is -2.63. The molecular weight excluding hydrogens is 268 g/mol. The van der Waals surface area contributed by atoms with E-state index in [4.69, 9.17) is 0 Å². The number of phenols is 1. The van der Waals surface area contributed by atoms with Gasteiger partial charge in [-0.15, -0.1) is 0 Å². The minimum atomic E-state index is -0.301. The van der Waals surface area contributed by atoms with Crippen LogP contribution in [0.25, 0.3) is 0 Å². The number of hydrogen-bond acceptors (Lipinski definition) is 4. The van der Waals surface area contributed by atoms with Gasteiger partial charge in [0, 0.05) is 11.3 Å². The summed E-state index contributed by atoms with van der Waals surface area (Å²) in [5.41, 5.74) is 5.79. The van der Waals surface area contributed by atoms with Crippen LogP contribution in [-0.2, 0) is 12.8 Å². The van der Waals surface area contributed by atoms with Crippen LogP contribution in [0.2, 0.25) is 0 Å². The largest absolute Gasteiger partial charge is 0.508 e. The smallest absolute Gasteiger partial charge is 0.292 e. The van der Waals surface area contributed by atoms with Crippen molar-refractivity contribution in [2.45, 2.75) is 25.7 Å². The van der Waals surface area contributed by atoms with Crippen LogP contribution in [0.5, 0.6) is 5.75 Å². The lowest BCUT2D eigenvalue weighted by molar-refractivity contribution is 0.0949. The molecule has 1 aromatic carbocycles. The van der Waals surface area contributed by atoms with Crippen LogP contribution in [0.4, 0.5) is 0 Å². The Morgan fingerprint density at radius 3 is 2.86 bits per heavy atom. The molecule has 0 unspecified atom stereocenters. The lowest BCUT2D eigenvalue weighted by Crippen LogP contribution is -2.20. The van der Waals surface area contributed by atoms with Gasteiger partial charge in [0.05, 0.1) is 6.21 Å². The van der Waals surface area contributed by atoms with E-state index in [-0.39, 0.29) is 11.7 Å². The number of rotatable bonds is 3. The van der Waals surface area contributed by atoms with Gasteiger partial charge in [0.15, 0.2) is 5.69 Å². The average Bonchev–Trinajstić information content (AvgIpc) is 2.93. The number of benzene rings is 1. The fourth-order valence-corrected chi connectivity index (χ4v) is 2.45. The van der Waals surface area contributed by atoms with E-state index in [1.54, 1.807) is 24.3 Å². The van der Waals surface area contributed by atoms with Crippen molar-refractivity contribution < 1.29 is 9.90 Å². The number of phenolic OH excluding ortho intramolecular Hbond substituents is 1. The van der Waals surface area contributed by atoms with Gasteiger partial charge in [0.25, 0.3) is 5.91 Å². The molecule has 1 heterocycles. The maximum atomic E-state index is 12.1. The third kappa shape index (κ3) is 2.94. The van der Waals surface area contributed by atoms with Crippen LogP contribution in [0.3, 0.4) is 0 Å². The standard InChI is InChI=1S/C15H16N4O2/c20-11-7-5-10(6-8-11)9-16-19-15(21)14-12-3-1-2-4-13(12)17-18-14/h5-9,20H,1-4H2,(H,17,18)(H,19,21). The second kappa shape index (κ2) is 5.78. The first-order valence-electron chi connectivity index (χ1n) is 6.92. The van der Waals surface area contributed by atoms with E-state index in [1.807, 2.05) is 0 Å². The van der Waals surface area contributed by atoms with E-state index in [1.165, 1.54) is 6.21 Å². The van der Waals surface area contributed by atoms with E-state index in [2.05, 4.69) is 20.7 Å². The summed E-state index contributed by atoms with van der Waals surface area (Å²) >= 11 is 0. The molecule has 3 rings (SSSR count). The van der Waals surface area contributed by atoms with Crippen molar-refractivity contribution >= 4 is 12.1 Å². The summed E-state index contributed by atoms with van der Waals surface area (Å²) in [5, 5.41) is 20.1. The lowest BCUT2D eigenvalue weighted by atomic mass is 9.96. The van der Waals surface area contributed by atoms with E-state index in [0.717, 1.165) is 42.5 Å². The van der Waals surface area contributed by atoms with Crippen molar-refractivity contribution in [2.24, 2.45) is 5.10 Å². The van der Waals surface area contributed by atoms with E-state index in [9.17, 15) is 9.90 Å². The molecule has 1 aromatic heterocycles. The van der Waals surface area contributed by atoms with Gasteiger partial charge in [-0.1, -0.05) is 0 Å². The zero-order valence-electron chi connectivity index (χ0n) is 11.5. The highest BCUT2D eigenvalue weighted by Gasteiger charge is 2.21. The average molecular weight is 284 g/mol. The second-order valence-electron chi connectivity index (χ2n) is 5.03. The number of hydrogen-bond donors (Lipinski definition) is 3. The lowest BCUT2D eigenvalue weighted by Gasteiger charge is -2.10. The third-order valence-electron chi connectivity index (χ3n) is 3.54. The molecule has 1 aliphatic rings. The minimum Gasteiger partial charge on any atom is -0.508 e. The number of carbonyl (C=O) groups excluding carboxylic acids is 1. The molecule has 0 saturated carbocycles. The van der Waals surface area contributed by atoms with Crippen molar-refractivity contribution in [1.82, 2.24) is 15.6 Å². The number of aromatic amines is 1. The molecule has 0 spiro atoms. The Bertz CT molecular complexity index is 673. The van der Waals surface area contributed by atoms with Gasteiger partial charge in [0.1, 0.15) is 5.75 Å². The molecule has 0 atom stereocenters. The first-order valence-corrected chi connectivity index (χ1v) is 6.92. The SMILES string of the molecule is O=C(NN=Cc1ccc(O)cc1)c1n[nH]c2c1CCCC2. The third-order valence-corrected chi connectivity index (χ3v) is 3.54. The van der Waals surface area contributed by atoms with Crippen LogP contribution >= 0.6 is 0 Å². The van der Waals surface area contributed by atoms with Crippen LogP contribution < -0.4 is 5.43 Å². The number of aromatic hydroxyl groups is 1. The second-order valence-corrected chi connectivity index (χ2v) is 5.03. The predicted octanol–water partition coefficient (Wildman–Crippen LogP) is 1.76. The predicted molar refractivity (Wildman–Crippen MR) is 78.4 cm³/mol. The summed E-state index contributed by atoms with van der Waals surface area (Å²) in [4.78, 5) is 12.1. The van der Waals surface area contributed by atoms with Crippen molar-refractivity contribution in [2.75, 3.05) is 0 Å². The molecule has 0 aliphatic heterocycles. The van der Waals surface area contributed by atoms with Crippen molar-refractivity contribution in [3.05, 3.63) is 46.8 Å². The summed E-state index contributed by atoms with van der Waals surface area (Å²) < 4.78 is 0. The number of hydrazone groups is 1. The van der Waals surface area contributed by atoms with Crippen molar-refractivity contribution in [1.29, 1.82) is 0 Å². The molecule has 21 heavy (non-hydrogen) atoms. The highest BCUT2D eigenvalue weighted by Crippen LogP contribution is 2.21. The summed E-state index contributed by atoms with van der Waals surface area (Å²) in [6.45, 7) is 0. The number of aromatic nitrogens is 2. The Morgan fingerprint density at radius 1 is 1.29 bits per heavy atom. The molecule has 0 radical (unpaired) electrons. The van der Waals surface area contributed by atoms with E-state index < -0.39 is 0 Å². The summed E-state index contributed by atoms with van der Waals surface area (Å²) in [5.74, 6) is -0.108. The minimum absolute atomic E-state index is 0.194. The number of amides is 1. The molecule has 2 aromatic rings. The molecule has 0 fully saturated rings. The molecule has 108 valence electrons. The van der Waals surface area contributed by atoms with Gasteiger partial charge in [-0.2, -0.15) is 10.2 Å². The number of fused-ring (bicyclic) bond motifs is 1. The number of H-pyrrole nitrogens is 1. The molecule has 6 heteroatoms. The fraction of sp³-hybridized carbons (Fsp3) is 0.267.